The summed E-state index contributed by atoms with van der Waals surface area (Å²) in [4.78, 5) is 12.7. The third-order valence-corrected chi connectivity index (χ3v) is 6.21. The standard InChI is InChI=1S/C31H27NO3/c1-4-34-30-21(3)31-27(18-26(30)20(2)16-29(33)32-25-12-6-5-7-13-25)28(19-35-31)24-15-14-22-10-8-9-11-23(22)17-24/h5-19H,4H2,1-3H3,(H,32,33)/b20-16+. The van der Waals surface area contributed by atoms with Crippen molar-refractivity contribution in [2.45, 2.75) is 20.8 Å². The summed E-state index contributed by atoms with van der Waals surface area (Å²) < 4.78 is 12.1. The first-order valence-corrected chi connectivity index (χ1v) is 11.8. The fraction of sp³-hybridized carbons (Fsp3) is 0.129. The molecule has 0 spiro atoms. The fourth-order valence-electron chi connectivity index (χ4n) is 4.49. The molecular formula is C31H27NO3. The van der Waals surface area contributed by atoms with Crippen molar-refractivity contribution in [1.82, 2.24) is 0 Å². The summed E-state index contributed by atoms with van der Waals surface area (Å²) in [6.45, 7) is 6.41. The Kier molecular flexibility index (Phi) is 6.11. The molecule has 0 aliphatic heterocycles. The lowest BCUT2D eigenvalue weighted by Crippen LogP contribution is -2.08. The molecule has 4 aromatic carbocycles. The van der Waals surface area contributed by atoms with E-state index in [0.717, 1.165) is 50.2 Å². The number of fused-ring (bicyclic) bond motifs is 2. The van der Waals surface area contributed by atoms with Gasteiger partial charge in [-0.2, -0.15) is 0 Å². The van der Waals surface area contributed by atoms with Crippen molar-refractivity contribution in [2.75, 3.05) is 11.9 Å². The lowest BCUT2D eigenvalue weighted by molar-refractivity contribution is -0.111. The zero-order valence-electron chi connectivity index (χ0n) is 20.1. The molecule has 174 valence electrons. The van der Waals surface area contributed by atoms with Gasteiger partial charge in [0, 0.05) is 33.8 Å². The molecule has 0 saturated heterocycles. The Labute approximate surface area is 204 Å². The number of amides is 1. The smallest absolute Gasteiger partial charge is 0.248 e. The van der Waals surface area contributed by atoms with Crippen LogP contribution in [-0.2, 0) is 4.79 Å². The van der Waals surface area contributed by atoms with Crippen LogP contribution in [0, 0.1) is 6.92 Å². The van der Waals surface area contributed by atoms with Gasteiger partial charge in [0.2, 0.25) is 5.91 Å². The molecule has 0 fully saturated rings. The van der Waals surface area contributed by atoms with E-state index in [9.17, 15) is 4.79 Å². The van der Waals surface area contributed by atoms with Crippen LogP contribution in [0.4, 0.5) is 5.69 Å². The second-order valence-corrected chi connectivity index (χ2v) is 8.58. The maximum atomic E-state index is 12.7. The highest BCUT2D eigenvalue weighted by atomic mass is 16.5. The zero-order valence-corrected chi connectivity index (χ0v) is 20.1. The number of hydrogen-bond acceptors (Lipinski definition) is 3. The summed E-state index contributed by atoms with van der Waals surface area (Å²) in [5.41, 5.74) is 6.26. The number of anilines is 1. The third kappa shape index (κ3) is 4.43. The summed E-state index contributed by atoms with van der Waals surface area (Å²) in [6, 6.07) is 26.3. The maximum Gasteiger partial charge on any atom is 0.248 e. The van der Waals surface area contributed by atoms with Crippen LogP contribution < -0.4 is 10.1 Å². The lowest BCUT2D eigenvalue weighted by Gasteiger charge is -2.15. The van der Waals surface area contributed by atoms with Crippen LogP contribution in [0.15, 0.2) is 95.6 Å². The van der Waals surface area contributed by atoms with Crippen LogP contribution >= 0.6 is 0 Å². The second-order valence-electron chi connectivity index (χ2n) is 8.58. The molecule has 4 heteroatoms. The van der Waals surface area contributed by atoms with Crippen molar-refractivity contribution in [1.29, 1.82) is 0 Å². The van der Waals surface area contributed by atoms with Crippen molar-refractivity contribution in [2.24, 2.45) is 0 Å². The summed E-state index contributed by atoms with van der Waals surface area (Å²) in [7, 11) is 0. The quantitative estimate of drug-likeness (QED) is 0.261. The van der Waals surface area contributed by atoms with Gasteiger partial charge in [0.05, 0.1) is 12.9 Å². The van der Waals surface area contributed by atoms with Crippen molar-refractivity contribution in [3.8, 4) is 16.9 Å². The number of rotatable bonds is 6. The lowest BCUT2D eigenvalue weighted by atomic mass is 9.95. The van der Waals surface area contributed by atoms with E-state index in [0.29, 0.717) is 6.61 Å². The number of carbonyl (C=O) groups is 1. The predicted octanol–water partition coefficient (Wildman–Crippen LogP) is 8.00. The number of benzene rings is 4. The number of furan rings is 1. The zero-order chi connectivity index (χ0) is 24.4. The van der Waals surface area contributed by atoms with Gasteiger partial charge in [0.15, 0.2) is 0 Å². The highest BCUT2D eigenvalue weighted by molar-refractivity contribution is 6.06. The van der Waals surface area contributed by atoms with Crippen molar-refractivity contribution < 1.29 is 13.9 Å². The number of ether oxygens (including phenoxy) is 1. The van der Waals surface area contributed by atoms with Gasteiger partial charge in [-0.25, -0.2) is 0 Å². The average Bonchev–Trinajstić information content (AvgIpc) is 3.30. The van der Waals surface area contributed by atoms with E-state index in [4.69, 9.17) is 9.15 Å². The topological polar surface area (TPSA) is 51.5 Å². The molecule has 5 rings (SSSR count). The Hall–Kier alpha value is -4.31. The number of carbonyl (C=O) groups excluding carboxylic acids is 1. The first-order valence-electron chi connectivity index (χ1n) is 11.8. The first-order chi connectivity index (χ1) is 17.0. The van der Waals surface area contributed by atoms with Crippen LogP contribution in [0.25, 0.3) is 38.4 Å². The molecule has 0 saturated carbocycles. The van der Waals surface area contributed by atoms with E-state index in [1.807, 2.05) is 69.5 Å². The predicted molar refractivity (Wildman–Crippen MR) is 144 cm³/mol. The van der Waals surface area contributed by atoms with Crippen LogP contribution in [0.3, 0.4) is 0 Å². The number of allylic oxidation sites excluding steroid dienone is 1. The molecule has 1 amide bonds. The number of para-hydroxylation sites is 1. The monoisotopic (exact) mass is 461 g/mol. The third-order valence-electron chi connectivity index (χ3n) is 6.21. The SMILES string of the molecule is CCOc1c(/C(C)=C/C(=O)Nc2ccccc2)cc2c(-c3ccc4ccccc4c3)coc2c1C. The van der Waals surface area contributed by atoms with E-state index in [-0.39, 0.29) is 5.91 Å². The maximum absolute atomic E-state index is 12.7. The van der Waals surface area contributed by atoms with Gasteiger partial charge in [-0.3, -0.25) is 4.79 Å². The highest BCUT2D eigenvalue weighted by Crippen LogP contribution is 2.41. The number of nitrogens with one attached hydrogen (secondary N) is 1. The van der Waals surface area contributed by atoms with E-state index in [1.54, 1.807) is 6.08 Å². The second kappa shape index (κ2) is 9.51. The molecule has 0 atom stereocenters. The minimum atomic E-state index is -0.184. The van der Waals surface area contributed by atoms with E-state index >= 15 is 0 Å². The molecule has 0 unspecified atom stereocenters. The average molecular weight is 462 g/mol. The molecule has 1 aromatic heterocycles. The minimum absolute atomic E-state index is 0.184. The summed E-state index contributed by atoms with van der Waals surface area (Å²) in [6.07, 6.45) is 3.42. The van der Waals surface area contributed by atoms with Crippen molar-refractivity contribution in [3.05, 3.63) is 102 Å². The van der Waals surface area contributed by atoms with E-state index in [1.165, 1.54) is 10.8 Å². The van der Waals surface area contributed by atoms with Crippen LogP contribution in [0.5, 0.6) is 5.75 Å². The number of aryl methyl sites for hydroxylation is 1. The number of hydrogen-bond donors (Lipinski definition) is 1. The van der Waals surface area contributed by atoms with Gasteiger partial charge in [-0.05, 0) is 66.9 Å². The normalized spacial score (nSPS) is 11.7. The van der Waals surface area contributed by atoms with E-state index in [2.05, 4.69) is 41.7 Å². The molecule has 1 heterocycles. The molecule has 0 aliphatic carbocycles. The first kappa shape index (κ1) is 22.5. The summed E-state index contributed by atoms with van der Waals surface area (Å²) in [5, 5.41) is 6.29. The molecular weight excluding hydrogens is 434 g/mol. The molecule has 0 radical (unpaired) electrons. The van der Waals surface area contributed by atoms with Gasteiger partial charge in [-0.15, -0.1) is 0 Å². The summed E-state index contributed by atoms with van der Waals surface area (Å²) in [5.74, 6) is 0.552. The summed E-state index contributed by atoms with van der Waals surface area (Å²) >= 11 is 0. The van der Waals surface area contributed by atoms with Crippen molar-refractivity contribution >= 4 is 38.9 Å². The van der Waals surface area contributed by atoms with Gasteiger partial charge < -0.3 is 14.5 Å². The Balaban J connectivity index is 1.60. The van der Waals surface area contributed by atoms with Gasteiger partial charge in [0.1, 0.15) is 11.3 Å². The molecule has 4 nitrogen and oxygen atoms in total. The van der Waals surface area contributed by atoms with Crippen LogP contribution in [0.1, 0.15) is 25.0 Å². The molecule has 0 bridgehead atoms. The molecule has 35 heavy (non-hydrogen) atoms. The largest absolute Gasteiger partial charge is 0.493 e. The Bertz CT molecular complexity index is 1560. The Morgan fingerprint density at radius 1 is 0.971 bits per heavy atom. The molecule has 0 aliphatic rings. The van der Waals surface area contributed by atoms with Gasteiger partial charge in [-0.1, -0.05) is 54.6 Å². The highest BCUT2D eigenvalue weighted by Gasteiger charge is 2.19. The molecule has 1 N–H and O–H groups in total. The van der Waals surface area contributed by atoms with Gasteiger partial charge >= 0.3 is 0 Å². The van der Waals surface area contributed by atoms with Crippen molar-refractivity contribution in [3.63, 3.8) is 0 Å². The van der Waals surface area contributed by atoms with Crippen LogP contribution in [0.2, 0.25) is 0 Å². The Morgan fingerprint density at radius 2 is 1.71 bits per heavy atom. The van der Waals surface area contributed by atoms with Gasteiger partial charge in [0.25, 0.3) is 0 Å². The fourth-order valence-corrected chi connectivity index (χ4v) is 4.49. The Morgan fingerprint density at radius 3 is 2.49 bits per heavy atom. The minimum Gasteiger partial charge on any atom is -0.493 e. The van der Waals surface area contributed by atoms with E-state index < -0.39 is 0 Å². The van der Waals surface area contributed by atoms with Crippen LogP contribution in [-0.4, -0.2) is 12.5 Å². The molecule has 5 aromatic rings.